The zero-order valence-corrected chi connectivity index (χ0v) is 15.8. The molecule has 0 bridgehead atoms. The Morgan fingerprint density at radius 2 is 2.00 bits per heavy atom. The number of thiazole rings is 1. The van der Waals surface area contributed by atoms with Crippen LogP contribution in [-0.2, 0) is 16.4 Å². The fourth-order valence-electron chi connectivity index (χ4n) is 2.49. The van der Waals surface area contributed by atoms with Gasteiger partial charge in [-0.15, -0.1) is 6.58 Å². The van der Waals surface area contributed by atoms with E-state index in [-0.39, 0.29) is 15.3 Å². The molecule has 9 heteroatoms. The maximum Gasteiger partial charge on any atom is 0.282 e. The molecule has 3 aromatic rings. The third-order valence-electron chi connectivity index (χ3n) is 3.75. The average Bonchev–Trinajstić information content (AvgIpc) is 2.91. The van der Waals surface area contributed by atoms with Gasteiger partial charge in [-0.05, 0) is 30.3 Å². The first-order valence-electron chi connectivity index (χ1n) is 7.69. The predicted octanol–water partition coefficient (Wildman–Crippen LogP) is 3.31. The highest BCUT2D eigenvalue weighted by atomic mass is 32.2. The standard InChI is InChI=1S/C18H14F2N2O3S2/c1-3-8-22-15-7-5-12(27(2,24)25)10-16(15)26-18(22)21-17(23)13-6-4-11(19)9-14(13)20/h3-7,9-10H,1,8H2,2H3. The number of carbonyl (C=O) groups excluding carboxylic acids is 1. The van der Waals surface area contributed by atoms with E-state index < -0.39 is 27.4 Å². The maximum atomic E-state index is 13.8. The van der Waals surface area contributed by atoms with Crippen LogP contribution in [0, 0.1) is 11.6 Å². The lowest BCUT2D eigenvalue weighted by atomic mass is 10.2. The second-order valence-electron chi connectivity index (χ2n) is 5.73. The van der Waals surface area contributed by atoms with Crippen molar-refractivity contribution in [2.45, 2.75) is 11.4 Å². The summed E-state index contributed by atoms with van der Waals surface area (Å²) in [5.41, 5.74) is 0.314. The number of amides is 1. The van der Waals surface area contributed by atoms with E-state index in [1.165, 1.54) is 12.1 Å². The summed E-state index contributed by atoms with van der Waals surface area (Å²) in [5, 5.41) is 0. The molecule has 0 fully saturated rings. The molecule has 0 radical (unpaired) electrons. The number of sulfone groups is 1. The smallest absolute Gasteiger partial charge is 0.282 e. The summed E-state index contributed by atoms with van der Waals surface area (Å²) in [4.78, 5) is 16.7. The van der Waals surface area contributed by atoms with Crippen molar-refractivity contribution in [1.29, 1.82) is 0 Å². The summed E-state index contributed by atoms with van der Waals surface area (Å²) in [7, 11) is -3.39. The topological polar surface area (TPSA) is 68.5 Å². The van der Waals surface area contributed by atoms with Gasteiger partial charge in [0.1, 0.15) is 11.6 Å². The zero-order chi connectivity index (χ0) is 19.8. The molecule has 2 aromatic carbocycles. The lowest BCUT2D eigenvalue weighted by molar-refractivity contribution is 0.0994. The van der Waals surface area contributed by atoms with Crippen molar-refractivity contribution in [3.8, 4) is 0 Å². The van der Waals surface area contributed by atoms with E-state index in [1.54, 1.807) is 16.7 Å². The van der Waals surface area contributed by atoms with Gasteiger partial charge in [0, 0.05) is 18.9 Å². The number of carbonyl (C=O) groups is 1. The molecule has 3 rings (SSSR count). The van der Waals surface area contributed by atoms with Crippen molar-refractivity contribution in [2.75, 3.05) is 6.26 Å². The van der Waals surface area contributed by atoms with Crippen LogP contribution < -0.4 is 4.80 Å². The molecule has 0 aliphatic rings. The van der Waals surface area contributed by atoms with Crippen molar-refractivity contribution in [3.63, 3.8) is 0 Å². The van der Waals surface area contributed by atoms with Gasteiger partial charge in [-0.1, -0.05) is 17.4 Å². The van der Waals surface area contributed by atoms with Gasteiger partial charge in [0.2, 0.25) is 0 Å². The van der Waals surface area contributed by atoms with Crippen LogP contribution in [0.15, 0.2) is 58.9 Å². The van der Waals surface area contributed by atoms with Gasteiger partial charge < -0.3 is 4.57 Å². The number of hydrogen-bond donors (Lipinski definition) is 0. The van der Waals surface area contributed by atoms with E-state index in [0.717, 1.165) is 29.7 Å². The molecular formula is C18H14F2N2O3S2. The van der Waals surface area contributed by atoms with E-state index in [2.05, 4.69) is 11.6 Å². The largest absolute Gasteiger partial charge is 0.312 e. The number of halogens is 2. The van der Waals surface area contributed by atoms with Crippen LogP contribution in [0.3, 0.4) is 0 Å². The summed E-state index contributed by atoms with van der Waals surface area (Å²) in [6, 6.07) is 7.21. The predicted molar refractivity (Wildman–Crippen MR) is 99.4 cm³/mol. The molecule has 0 saturated heterocycles. The van der Waals surface area contributed by atoms with E-state index >= 15 is 0 Å². The minimum absolute atomic E-state index is 0.143. The Kier molecular flexibility index (Phi) is 5.07. The van der Waals surface area contributed by atoms with Crippen LogP contribution in [0.2, 0.25) is 0 Å². The number of nitrogens with zero attached hydrogens (tertiary/aromatic N) is 2. The highest BCUT2D eigenvalue weighted by molar-refractivity contribution is 7.90. The SMILES string of the molecule is C=CCn1c(=NC(=O)c2ccc(F)cc2F)sc2cc(S(C)(=O)=O)ccc21. The number of allylic oxidation sites excluding steroid dienone is 1. The molecule has 0 aliphatic heterocycles. The van der Waals surface area contributed by atoms with Crippen molar-refractivity contribution in [1.82, 2.24) is 4.57 Å². The van der Waals surface area contributed by atoms with E-state index in [0.29, 0.717) is 22.8 Å². The van der Waals surface area contributed by atoms with Crippen molar-refractivity contribution in [3.05, 3.63) is 71.1 Å². The van der Waals surface area contributed by atoms with Gasteiger partial charge in [-0.25, -0.2) is 17.2 Å². The quantitative estimate of drug-likeness (QED) is 0.622. The minimum atomic E-state index is -3.39. The van der Waals surface area contributed by atoms with Gasteiger partial charge in [-0.3, -0.25) is 4.79 Å². The second kappa shape index (κ2) is 7.16. The summed E-state index contributed by atoms with van der Waals surface area (Å²) in [6.07, 6.45) is 2.70. The average molecular weight is 408 g/mol. The van der Waals surface area contributed by atoms with E-state index in [9.17, 15) is 22.0 Å². The Hall–Kier alpha value is -2.65. The maximum absolute atomic E-state index is 13.8. The van der Waals surface area contributed by atoms with Crippen LogP contribution in [-0.4, -0.2) is 25.1 Å². The monoisotopic (exact) mass is 408 g/mol. The fourth-order valence-corrected chi connectivity index (χ4v) is 4.28. The number of benzene rings is 2. The van der Waals surface area contributed by atoms with Gasteiger partial charge in [0.05, 0.1) is 20.7 Å². The fraction of sp³-hybridized carbons (Fsp3) is 0.111. The first-order valence-corrected chi connectivity index (χ1v) is 10.4. The van der Waals surface area contributed by atoms with Crippen LogP contribution in [0.5, 0.6) is 0 Å². The lowest BCUT2D eigenvalue weighted by Gasteiger charge is -2.02. The normalized spacial score (nSPS) is 12.5. The molecule has 1 amide bonds. The molecular weight excluding hydrogens is 394 g/mol. The Morgan fingerprint density at radius 1 is 1.26 bits per heavy atom. The second-order valence-corrected chi connectivity index (χ2v) is 8.75. The Morgan fingerprint density at radius 3 is 2.63 bits per heavy atom. The third-order valence-corrected chi connectivity index (χ3v) is 5.90. The number of rotatable bonds is 4. The molecule has 0 spiro atoms. The van der Waals surface area contributed by atoms with Crippen LogP contribution in [0.1, 0.15) is 10.4 Å². The molecule has 0 aliphatic carbocycles. The first-order chi connectivity index (χ1) is 12.7. The molecule has 140 valence electrons. The molecule has 0 unspecified atom stereocenters. The van der Waals surface area contributed by atoms with E-state index in [1.807, 2.05) is 0 Å². The third kappa shape index (κ3) is 3.88. The van der Waals surface area contributed by atoms with Crippen LogP contribution in [0.4, 0.5) is 8.78 Å². The van der Waals surface area contributed by atoms with Gasteiger partial charge in [0.25, 0.3) is 5.91 Å². The lowest BCUT2D eigenvalue weighted by Crippen LogP contribution is -2.16. The summed E-state index contributed by atoms with van der Waals surface area (Å²) in [6.45, 7) is 3.98. The Balaban J connectivity index is 2.19. The van der Waals surface area contributed by atoms with Crippen molar-refractivity contribution in [2.24, 2.45) is 4.99 Å². The minimum Gasteiger partial charge on any atom is -0.312 e. The molecule has 0 saturated carbocycles. The number of fused-ring (bicyclic) bond motifs is 1. The molecule has 1 aromatic heterocycles. The zero-order valence-electron chi connectivity index (χ0n) is 14.1. The highest BCUT2D eigenvalue weighted by Gasteiger charge is 2.15. The van der Waals surface area contributed by atoms with Crippen LogP contribution >= 0.6 is 11.3 Å². The molecule has 5 nitrogen and oxygen atoms in total. The highest BCUT2D eigenvalue weighted by Crippen LogP contribution is 2.22. The van der Waals surface area contributed by atoms with Crippen molar-refractivity contribution < 1.29 is 22.0 Å². The molecule has 0 N–H and O–H groups in total. The van der Waals surface area contributed by atoms with Crippen LogP contribution in [0.25, 0.3) is 10.2 Å². The van der Waals surface area contributed by atoms with Gasteiger partial charge in [-0.2, -0.15) is 4.99 Å². The van der Waals surface area contributed by atoms with E-state index in [4.69, 9.17) is 0 Å². The first kappa shape index (κ1) is 19.1. The summed E-state index contributed by atoms with van der Waals surface area (Å²) in [5.74, 6) is -2.65. The summed E-state index contributed by atoms with van der Waals surface area (Å²) >= 11 is 1.09. The van der Waals surface area contributed by atoms with Crippen molar-refractivity contribution >= 4 is 37.3 Å². The summed E-state index contributed by atoms with van der Waals surface area (Å²) < 4.78 is 52.6. The number of hydrogen-bond acceptors (Lipinski definition) is 4. The number of aromatic nitrogens is 1. The molecule has 27 heavy (non-hydrogen) atoms. The van der Waals surface area contributed by atoms with Gasteiger partial charge in [0.15, 0.2) is 14.6 Å². The van der Waals surface area contributed by atoms with Gasteiger partial charge >= 0.3 is 0 Å². The Labute approximate surface area is 157 Å². The molecule has 0 atom stereocenters. The Bertz CT molecular complexity index is 1240. The molecule has 1 heterocycles.